The van der Waals surface area contributed by atoms with Gasteiger partial charge in [0, 0.05) is 17.1 Å². The number of nitrogens with zero attached hydrogens (tertiary/aromatic N) is 1. The predicted octanol–water partition coefficient (Wildman–Crippen LogP) is 6.71. The Morgan fingerprint density at radius 3 is 1.30 bits per heavy atom. The van der Waals surface area contributed by atoms with E-state index in [4.69, 9.17) is 23.4 Å². The summed E-state index contributed by atoms with van der Waals surface area (Å²) in [5.74, 6) is -0.310. The summed E-state index contributed by atoms with van der Waals surface area (Å²) < 4.78 is 30.5. The van der Waals surface area contributed by atoms with Gasteiger partial charge in [-0.1, -0.05) is 37.6 Å². The summed E-state index contributed by atoms with van der Waals surface area (Å²) in [5, 5.41) is 0. The third-order valence-corrected chi connectivity index (χ3v) is 9.45. The van der Waals surface area contributed by atoms with Gasteiger partial charge in [-0.25, -0.2) is 4.79 Å². The monoisotopic (exact) mass is 597 g/mol. The molecule has 2 fully saturated rings. The fourth-order valence-corrected chi connectivity index (χ4v) is 5.11. The number of ether oxygens (including phenoxy) is 1. The minimum atomic E-state index is -0.445. The van der Waals surface area contributed by atoms with Gasteiger partial charge in [0.25, 0.3) is 0 Å². The Labute approximate surface area is 263 Å². The Balaban J connectivity index is 1.44. The zero-order chi connectivity index (χ0) is 31.9. The lowest BCUT2D eigenvalue weighted by molar-refractivity contribution is 0.00578. The molecule has 2 heterocycles. The molecule has 0 saturated carbocycles. The van der Waals surface area contributed by atoms with Crippen molar-refractivity contribution < 1.29 is 28.1 Å². The normalized spacial score (nSPS) is 19.7. The number of unbranched alkanes of at least 4 members (excludes halogenated alkanes) is 1. The number of hydrogen-bond acceptors (Lipinski definition) is 7. The lowest BCUT2D eigenvalue weighted by atomic mass is 9.79. The van der Waals surface area contributed by atoms with Crippen molar-refractivity contribution in [1.29, 1.82) is 0 Å². The Morgan fingerprint density at radius 1 is 0.614 bits per heavy atom. The van der Waals surface area contributed by atoms with Crippen LogP contribution >= 0.6 is 0 Å². The van der Waals surface area contributed by atoms with Crippen molar-refractivity contribution in [3.63, 3.8) is 0 Å². The summed E-state index contributed by atoms with van der Waals surface area (Å²) in [4.78, 5) is 14.7. The van der Waals surface area contributed by atoms with E-state index in [1.807, 2.05) is 48.5 Å². The first-order valence-corrected chi connectivity index (χ1v) is 15.6. The second-order valence-electron chi connectivity index (χ2n) is 13.7. The maximum Gasteiger partial charge on any atom is 0.494 e. The third-order valence-electron chi connectivity index (χ3n) is 9.45. The van der Waals surface area contributed by atoms with Gasteiger partial charge in [0.15, 0.2) is 0 Å². The van der Waals surface area contributed by atoms with Crippen molar-refractivity contribution in [2.75, 3.05) is 11.5 Å². The number of carbonyl (C=O) groups is 1. The molecule has 0 unspecified atom stereocenters. The van der Waals surface area contributed by atoms with E-state index in [2.05, 4.69) is 91.5 Å². The molecule has 0 spiro atoms. The molecule has 3 aromatic rings. The summed E-state index contributed by atoms with van der Waals surface area (Å²) in [7, 11) is -0.889. The lowest BCUT2D eigenvalue weighted by Gasteiger charge is -2.32. The molecule has 0 atom stereocenters. The van der Waals surface area contributed by atoms with Crippen molar-refractivity contribution in [1.82, 2.24) is 0 Å². The minimum Gasteiger partial charge on any atom is -0.462 e. The summed E-state index contributed by atoms with van der Waals surface area (Å²) in [6.07, 6.45) is 1.82. The molecule has 5 rings (SSSR count). The van der Waals surface area contributed by atoms with Gasteiger partial charge in [0.2, 0.25) is 0 Å². The van der Waals surface area contributed by atoms with E-state index in [0.717, 1.165) is 40.8 Å². The summed E-state index contributed by atoms with van der Waals surface area (Å²) in [6, 6.07) is 24.0. The zero-order valence-electron chi connectivity index (χ0n) is 27.6. The molecule has 232 valence electrons. The van der Waals surface area contributed by atoms with Crippen molar-refractivity contribution in [2.45, 2.75) is 97.6 Å². The van der Waals surface area contributed by atoms with Crippen molar-refractivity contribution in [2.24, 2.45) is 0 Å². The molecule has 0 N–H and O–H groups in total. The van der Waals surface area contributed by atoms with E-state index in [-0.39, 0.29) is 5.97 Å². The van der Waals surface area contributed by atoms with E-state index >= 15 is 0 Å². The van der Waals surface area contributed by atoms with Gasteiger partial charge in [-0.05, 0) is 121 Å². The van der Waals surface area contributed by atoms with Crippen molar-refractivity contribution >= 4 is 48.2 Å². The van der Waals surface area contributed by atoms with Gasteiger partial charge in [0.05, 0.1) is 34.6 Å². The zero-order valence-corrected chi connectivity index (χ0v) is 27.6. The van der Waals surface area contributed by atoms with Crippen LogP contribution in [-0.4, -0.2) is 49.2 Å². The standard InChI is InChI=1S/C35H45B2NO6/c1-10-11-24-40-31(39)25-12-18-28(19-13-25)38(29-20-14-26(15-21-29)36-41-32(2,3)33(4,5)42-36)30-22-16-27(17-23-30)37-43-34(6,7)35(8,9)44-37/h12-23H,10-11,24H2,1-9H3. The molecule has 3 aromatic carbocycles. The van der Waals surface area contributed by atoms with Crippen molar-refractivity contribution in [3.8, 4) is 0 Å². The smallest absolute Gasteiger partial charge is 0.462 e. The lowest BCUT2D eigenvalue weighted by Crippen LogP contribution is -2.41. The largest absolute Gasteiger partial charge is 0.494 e. The number of anilines is 3. The predicted molar refractivity (Wildman–Crippen MR) is 178 cm³/mol. The van der Waals surface area contributed by atoms with Crippen LogP contribution in [0.2, 0.25) is 0 Å². The molecule has 44 heavy (non-hydrogen) atoms. The summed E-state index contributed by atoms with van der Waals surface area (Å²) in [5.41, 5.74) is 3.57. The molecule has 2 aliphatic rings. The summed E-state index contributed by atoms with van der Waals surface area (Å²) >= 11 is 0. The number of hydrogen-bond donors (Lipinski definition) is 0. The van der Waals surface area contributed by atoms with Crippen LogP contribution in [0.3, 0.4) is 0 Å². The minimum absolute atomic E-state index is 0.310. The van der Waals surface area contributed by atoms with Crippen LogP contribution in [0.15, 0.2) is 72.8 Å². The van der Waals surface area contributed by atoms with Gasteiger partial charge >= 0.3 is 20.2 Å². The van der Waals surface area contributed by atoms with Crippen LogP contribution in [0.25, 0.3) is 0 Å². The maximum absolute atomic E-state index is 12.6. The van der Waals surface area contributed by atoms with Gasteiger partial charge in [-0.2, -0.15) is 0 Å². The highest BCUT2D eigenvalue weighted by Crippen LogP contribution is 2.39. The fraction of sp³-hybridized carbons (Fsp3) is 0.457. The molecule has 9 heteroatoms. The topological polar surface area (TPSA) is 66.5 Å². The van der Waals surface area contributed by atoms with Crippen molar-refractivity contribution in [3.05, 3.63) is 78.4 Å². The fourth-order valence-electron chi connectivity index (χ4n) is 5.11. The molecule has 7 nitrogen and oxygen atoms in total. The highest BCUT2D eigenvalue weighted by molar-refractivity contribution is 6.62. The highest BCUT2D eigenvalue weighted by atomic mass is 16.7. The molecular formula is C35H45B2NO6. The van der Waals surface area contributed by atoms with Crippen LogP contribution in [0.4, 0.5) is 17.1 Å². The first-order chi connectivity index (χ1) is 20.6. The highest BCUT2D eigenvalue weighted by Gasteiger charge is 2.52. The Hall–Kier alpha value is -3.10. The van der Waals surface area contributed by atoms with Gasteiger partial charge < -0.3 is 28.3 Å². The van der Waals surface area contributed by atoms with Crippen LogP contribution in [-0.2, 0) is 23.4 Å². The van der Waals surface area contributed by atoms with Crippen LogP contribution in [0, 0.1) is 0 Å². The van der Waals surface area contributed by atoms with Crippen LogP contribution in [0.1, 0.15) is 85.5 Å². The Kier molecular flexibility index (Phi) is 8.82. The maximum atomic E-state index is 12.6. The molecule has 0 bridgehead atoms. The van der Waals surface area contributed by atoms with Crippen LogP contribution in [0.5, 0.6) is 0 Å². The second-order valence-corrected chi connectivity index (χ2v) is 13.7. The quantitative estimate of drug-likeness (QED) is 0.154. The van der Waals surface area contributed by atoms with E-state index in [0.29, 0.717) is 12.2 Å². The van der Waals surface area contributed by atoms with E-state index in [9.17, 15) is 4.79 Å². The average Bonchev–Trinajstić information content (AvgIpc) is 3.33. The van der Waals surface area contributed by atoms with Gasteiger partial charge in [-0.15, -0.1) is 0 Å². The van der Waals surface area contributed by atoms with E-state index in [1.165, 1.54) is 0 Å². The molecular weight excluding hydrogens is 552 g/mol. The number of esters is 1. The SMILES string of the molecule is CCCCOC(=O)c1ccc(N(c2ccc(B3OC(C)(C)C(C)(C)O3)cc2)c2ccc(B3OC(C)(C)C(C)(C)O3)cc2)cc1. The van der Waals surface area contributed by atoms with Gasteiger partial charge in [-0.3, -0.25) is 0 Å². The van der Waals surface area contributed by atoms with Gasteiger partial charge in [0.1, 0.15) is 0 Å². The van der Waals surface area contributed by atoms with E-state index < -0.39 is 36.6 Å². The number of carbonyl (C=O) groups excluding carboxylic acids is 1. The summed E-state index contributed by atoms with van der Waals surface area (Å²) in [6.45, 7) is 18.9. The third kappa shape index (κ3) is 6.34. The second kappa shape index (κ2) is 12.0. The molecule has 0 aromatic heterocycles. The molecule has 0 radical (unpaired) electrons. The Bertz CT molecular complexity index is 1340. The molecule has 2 saturated heterocycles. The first-order valence-electron chi connectivity index (χ1n) is 15.6. The number of rotatable bonds is 9. The number of benzene rings is 3. The molecule has 0 amide bonds. The molecule has 2 aliphatic heterocycles. The van der Waals surface area contributed by atoms with Crippen LogP contribution < -0.4 is 15.8 Å². The average molecular weight is 597 g/mol. The molecule has 0 aliphatic carbocycles. The Morgan fingerprint density at radius 2 is 0.955 bits per heavy atom. The van der Waals surface area contributed by atoms with E-state index in [1.54, 1.807) is 0 Å². The first kappa shape index (κ1) is 32.3.